The van der Waals surface area contributed by atoms with Gasteiger partial charge in [0.2, 0.25) is 0 Å². The summed E-state index contributed by atoms with van der Waals surface area (Å²) in [6, 6.07) is 13.2. The zero-order valence-corrected chi connectivity index (χ0v) is 15.5. The number of hydrogen-bond donors (Lipinski definition) is 1. The van der Waals surface area contributed by atoms with Crippen molar-refractivity contribution < 1.29 is 14.3 Å². The van der Waals surface area contributed by atoms with Crippen LogP contribution in [0.3, 0.4) is 0 Å². The molecule has 5 heteroatoms. The first kappa shape index (κ1) is 18.1. The Hall–Kier alpha value is -2.69. The number of carbonyl (C=O) groups excluding carboxylic acids is 1. The predicted molar refractivity (Wildman–Crippen MR) is 105 cm³/mol. The van der Waals surface area contributed by atoms with Crippen molar-refractivity contribution in [1.82, 2.24) is 0 Å². The fraction of sp³-hybridized carbons (Fsp3) is 0.381. The van der Waals surface area contributed by atoms with Gasteiger partial charge in [-0.25, -0.2) is 0 Å². The molecule has 1 fully saturated rings. The predicted octanol–water partition coefficient (Wildman–Crippen LogP) is 4.34. The zero-order valence-electron chi connectivity index (χ0n) is 15.5. The number of ether oxygens (including phenoxy) is 2. The second-order valence-electron chi connectivity index (χ2n) is 6.50. The van der Waals surface area contributed by atoms with Crippen molar-refractivity contribution in [3.05, 3.63) is 48.0 Å². The Balaban J connectivity index is 1.69. The summed E-state index contributed by atoms with van der Waals surface area (Å²) in [6.45, 7) is 2.21. The Morgan fingerprint density at radius 2 is 1.46 bits per heavy atom. The number of nitrogens with zero attached hydrogens (tertiary/aromatic N) is 1. The number of benzene rings is 2. The number of carbonyl (C=O) groups is 1. The standard InChI is InChI=1S/C21H26N2O3/c1-25-19-13-16(14-20(15-19)26-2)21(24)22-17-7-9-18(10-8-17)23-11-5-3-4-6-12-23/h7-10,13-15H,3-6,11-12H2,1-2H3,(H,22,24). The molecule has 0 aromatic heterocycles. The van der Waals surface area contributed by atoms with Crippen molar-refractivity contribution in [3.8, 4) is 11.5 Å². The van der Waals surface area contributed by atoms with Gasteiger partial charge in [-0.3, -0.25) is 4.79 Å². The third-order valence-electron chi connectivity index (χ3n) is 4.71. The molecule has 138 valence electrons. The molecule has 0 atom stereocenters. The van der Waals surface area contributed by atoms with Crippen LogP contribution < -0.4 is 19.7 Å². The minimum absolute atomic E-state index is 0.190. The van der Waals surface area contributed by atoms with E-state index in [-0.39, 0.29) is 5.91 Å². The molecule has 0 unspecified atom stereocenters. The smallest absolute Gasteiger partial charge is 0.255 e. The first-order chi connectivity index (χ1) is 12.7. The highest BCUT2D eigenvalue weighted by Gasteiger charge is 2.12. The molecule has 0 spiro atoms. The minimum atomic E-state index is -0.190. The van der Waals surface area contributed by atoms with Gasteiger partial charge in [0.05, 0.1) is 14.2 Å². The quantitative estimate of drug-likeness (QED) is 0.868. The normalized spacial score (nSPS) is 14.5. The summed E-state index contributed by atoms with van der Waals surface area (Å²) in [5, 5.41) is 2.93. The van der Waals surface area contributed by atoms with Crippen LogP contribution >= 0.6 is 0 Å². The lowest BCUT2D eigenvalue weighted by Gasteiger charge is -2.22. The molecule has 2 aromatic rings. The fourth-order valence-electron chi connectivity index (χ4n) is 3.23. The van der Waals surface area contributed by atoms with Gasteiger partial charge in [-0.15, -0.1) is 0 Å². The average molecular weight is 354 g/mol. The van der Waals surface area contributed by atoms with Gasteiger partial charge in [-0.05, 0) is 49.2 Å². The SMILES string of the molecule is COc1cc(OC)cc(C(=O)Nc2ccc(N3CCCCCC3)cc2)c1. The zero-order chi connectivity index (χ0) is 18.4. The minimum Gasteiger partial charge on any atom is -0.497 e. The summed E-state index contributed by atoms with van der Waals surface area (Å²) >= 11 is 0. The Morgan fingerprint density at radius 1 is 0.885 bits per heavy atom. The van der Waals surface area contributed by atoms with E-state index >= 15 is 0 Å². The molecule has 0 radical (unpaired) electrons. The molecular weight excluding hydrogens is 328 g/mol. The van der Waals surface area contributed by atoms with Crippen molar-refractivity contribution in [2.45, 2.75) is 25.7 Å². The van der Waals surface area contributed by atoms with Crippen LogP contribution in [0, 0.1) is 0 Å². The number of rotatable bonds is 5. The highest BCUT2D eigenvalue weighted by atomic mass is 16.5. The lowest BCUT2D eigenvalue weighted by molar-refractivity contribution is 0.102. The molecule has 1 heterocycles. The summed E-state index contributed by atoms with van der Waals surface area (Å²) < 4.78 is 10.5. The second kappa shape index (κ2) is 8.61. The van der Waals surface area contributed by atoms with E-state index in [9.17, 15) is 4.79 Å². The van der Waals surface area contributed by atoms with Crippen LogP contribution in [0.5, 0.6) is 11.5 Å². The van der Waals surface area contributed by atoms with Crippen molar-refractivity contribution in [1.29, 1.82) is 0 Å². The van der Waals surface area contributed by atoms with Gasteiger partial charge in [0.15, 0.2) is 0 Å². The van der Waals surface area contributed by atoms with Crippen LogP contribution in [-0.4, -0.2) is 33.2 Å². The molecule has 1 saturated heterocycles. The summed E-state index contributed by atoms with van der Waals surface area (Å²) in [7, 11) is 3.13. The summed E-state index contributed by atoms with van der Waals surface area (Å²) in [5.74, 6) is 0.988. The third kappa shape index (κ3) is 4.48. The highest BCUT2D eigenvalue weighted by molar-refractivity contribution is 6.04. The van der Waals surface area contributed by atoms with Gasteiger partial charge >= 0.3 is 0 Å². The Bertz CT molecular complexity index is 713. The monoisotopic (exact) mass is 354 g/mol. The average Bonchev–Trinajstić information content (AvgIpc) is 2.97. The van der Waals surface area contributed by atoms with Crippen LogP contribution in [0.25, 0.3) is 0 Å². The first-order valence-corrected chi connectivity index (χ1v) is 9.09. The molecule has 1 aliphatic heterocycles. The maximum Gasteiger partial charge on any atom is 0.255 e. The van der Waals surface area contributed by atoms with Crippen molar-refractivity contribution >= 4 is 17.3 Å². The van der Waals surface area contributed by atoms with E-state index in [1.165, 1.54) is 31.4 Å². The van der Waals surface area contributed by atoms with E-state index in [4.69, 9.17) is 9.47 Å². The van der Waals surface area contributed by atoms with E-state index in [1.807, 2.05) is 12.1 Å². The Morgan fingerprint density at radius 3 is 2.00 bits per heavy atom. The summed E-state index contributed by atoms with van der Waals surface area (Å²) in [6.07, 6.45) is 5.12. The van der Waals surface area contributed by atoms with Crippen LogP contribution in [0.2, 0.25) is 0 Å². The molecule has 2 aromatic carbocycles. The molecular formula is C21H26N2O3. The van der Waals surface area contributed by atoms with Gasteiger partial charge in [0.25, 0.3) is 5.91 Å². The van der Waals surface area contributed by atoms with Gasteiger partial charge in [-0.2, -0.15) is 0 Å². The molecule has 1 aliphatic rings. The third-order valence-corrected chi connectivity index (χ3v) is 4.71. The maximum atomic E-state index is 12.5. The van der Waals surface area contributed by atoms with Gasteiger partial charge < -0.3 is 19.7 Å². The first-order valence-electron chi connectivity index (χ1n) is 9.09. The molecule has 5 nitrogen and oxygen atoms in total. The van der Waals surface area contributed by atoms with Crippen LogP contribution in [0.4, 0.5) is 11.4 Å². The summed E-state index contributed by atoms with van der Waals surface area (Å²) in [5.41, 5.74) is 2.49. The fourth-order valence-corrected chi connectivity index (χ4v) is 3.23. The maximum absolute atomic E-state index is 12.5. The number of methoxy groups -OCH3 is 2. The van der Waals surface area contributed by atoms with Crippen LogP contribution in [0.1, 0.15) is 36.0 Å². The topological polar surface area (TPSA) is 50.8 Å². The molecule has 1 amide bonds. The van der Waals surface area contributed by atoms with E-state index in [0.29, 0.717) is 17.1 Å². The molecule has 0 saturated carbocycles. The molecule has 0 bridgehead atoms. The van der Waals surface area contributed by atoms with E-state index < -0.39 is 0 Å². The Kier molecular flexibility index (Phi) is 6.00. The molecule has 0 aliphatic carbocycles. The largest absolute Gasteiger partial charge is 0.497 e. The second-order valence-corrected chi connectivity index (χ2v) is 6.50. The van der Waals surface area contributed by atoms with E-state index in [1.54, 1.807) is 32.4 Å². The van der Waals surface area contributed by atoms with Gasteiger partial charge in [0.1, 0.15) is 11.5 Å². The number of hydrogen-bond acceptors (Lipinski definition) is 4. The van der Waals surface area contributed by atoms with Crippen LogP contribution in [0.15, 0.2) is 42.5 Å². The van der Waals surface area contributed by atoms with E-state index in [0.717, 1.165) is 18.8 Å². The van der Waals surface area contributed by atoms with Gasteiger partial charge in [-0.1, -0.05) is 12.8 Å². The number of anilines is 2. The number of amides is 1. The lowest BCUT2D eigenvalue weighted by Crippen LogP contribution is -2.23. The lowest BCUT2D eigenvalue weighted by atomic mass is 10.1. The molecule has 3 rings (SSSR count). The number of nitrogens with one attached hydrogen (secondary N) is 1. The van der Waals surface area contributed by atoms with E-state index in [2.05, 4.69) is 22.3 Å². The van der Waals surface area contributed by atoms with Crippen molar-refractivity contribution in [2.75, 3.05) is 37.5 Å². The highest BCUT2D eigenvalue weighted by Crippen LogP contribution is 2.24. The molecule has 1 N–H and O–H groups in total. The molecule has 26 heavy (non-hydrogen) atoms. The summed E-state index contributed by atoms with van der Waals surface area (Å²) in [4.78, 5) is 15.0. The Labute approximate surface area is 154 Å². The van der Waals surface area contributed by atoms with Crippen molar-refractivity contribution in [3.63, 3.8) is 0 Å². The van der Waals surface area contributed by atoms with Gasteiger partial charge in [0, 0.05) is 36.1 Å². The van der Waals surface area contributed by atoms with Crippen molar-refractivity contribution in [2.24, 2.45) is 0 Å². The van der Waals surface area contributed by atoms with Crippen LogP contribution in [-0.2, 0) is 0 Å².